The van der Waals surface area contributed by atoms with Gasteiger partial charge in [0.05, 0.1) is 6.33 Å². The molecule has 0 aliphatic heterocycles. The molecule has 2 aromatic rings. The minimum Gasteiger partial charge on any atom is -0.339 e. The predicted octanol–water partition coefficient (Wildman–Crippen LogP) is -0.259. The zero-order valence-corrected chi connectivity index (χ0v) is 8.10. The first kappa shape index (κ1) is 9.10. The maximum absolute atomic E-state index is 11.4. The van der Waals surface area contributed by atoms with Gasteiger partial charge >= 0.3 is 0 Å². The van der Waals surface area contributed by atoms with Crippen LogP contribution in [0.2, 0.25) is 0 Å². The molecule has 0 atom stereocenters. The Balaban J connectivity index is 2.86. The van der Waals surface area contributed by atoms with Gasteiger partial charge in [0, 0.05) is 13.1 Å². The normalized spacial score (nSPS) is 10.9. The fraction of sp³-hybridized carbons (Fsp3) is 0.286. The molecular formula is C7H9N5OS. The monoisotopic (exact) mass is 211 g/mol. The van der Waals surface area contributed by atoms with Crippen LogP contribution in [0.15, 0.2) is 11.1 Å². The molecule has 7 heteroatoms. The van der Waals surface area contributed by atoms with Crippen LogP contribution in [0.4, 0.5) is 0 Å². The standard InChI is InChI=1S/C7H9N5OS/c8-1-2-12-5-4(9-3-10-5)6(13)11-7(12)14/h3H,1-2,8H2,(H,9,10)(H,11,13,14). The number of nitrogens with zero attached hydrogens (tertiary/aromatic N) is 2. The van der Waals surface area contributed by atoms with Crippen molar-refractivity contribution in [3.8, 4) is 0 Å². The first-order valence-electron chi connectivity index (χ1n) is 4.10. The van der Waals surface area contributed by atoms with Gasteiger partial charge in [0.25, 0.3) is 5.56 Å². The number of hydrogen-bond acceptors (Lipinski definition) is 4. The van der Waals surface area contributed by atoms with E-state index in [1.165, 1.54) is 6.33 Å². The fourth-order valence-corrected chi connectivity index (χ4v) is 1.59. The molecule has 0 bridgehead atoms. The zero-order chi connectivity index (χ0) is 10.1. The molecule has 0 saturated carbocycles. The molecule has 0 saturated heterocycles. The third-order valence-electron chi connectivity index (χ3n) is 1.92. The molecule has 0 spiro atoms. The second kappa shape index (κ2) is 3.35. The Bertz CT molecular complexity index is 565. The number of nitrogens with one attached hydrogen (secondary N) is 2. The first-order chi connectivity index (χ1) is 6.74. The number of nitrogens with two attached hydrogens (primary N) is 1. The molecule has 0 aromatic carbocycles. The highest BCUT2D eigenvalue weighted by Crippen LogP contribution is 2.03. The van der Waals surface area contributed by atoms with E-state index in [0.29, 0.717) is 29.0 Å². The summed E-state index contributed by atoms with van der Waals surface area (Å²) in [6, 6.07) is 0. The highest BCUT2D eigenvalue weighted by molar-refractivity contribution is 7.71. The number of imidazole rings is 1. The molecule has 14 heavy (non-hydrogen) atoms. The number of hydrogen-bond donors (Lipinski definition) is 3. The van der Waals surface area contributed by atoms with Crippen molar-refractivity contribution in [2.45, 2.75) is 6.54 Å². The van der Waals surface area contributed by atoms with Gasteiger partial charge in [-0.15, -0.1) is 0 Å². The summed E-state index contributed by atoms with van der Waals surface area (Å²) in [5.41, 5.74) is 6.14. The van der Waals surface area contributed by atoms with Gasteiger partial charge in [0.15, 0.2) is 10.4 Å². The van der Waals surface area contributed by atoms with Crippen LogP contribution in [0.5, 0.6) is 0 Å². The lowest BCUT2D eigenvalue weighted by atomic mass is 10.5. The van der Waals surface area contributed by atoms with Crippen LogP contribution in [0.25, 0.3) is 11.2 Å². The average Bonchev–Trinajstić information content (AvgIpc) is 2.60. The number of rotatable bonds is 2. The van der Waals surface area contributed by atoms with Crippen LogP contribution < -0.4 is 11.3 Å². The predicted molar refractivity (Wildman–Crippen MR) is 54.6 cm³/mol. The molecule has 0 amide bonds. The smallest absolute Gasteiger partial charge is 0.277 e. The Labute approximate surface area is 83.8 Å². The Morgan fingerprint density at radius 3 is 3.14 bits per heavy atom. The van der Waals surface area contributed by atoms with E-state index in [0.717, 1.165) is 0 Å². The van der Waals surface area contributed by atoms with Crippen molar-refractivity contribution in [3.05, 3.63) is 21.5 Å². The van der Waals surface area contributed by atoms with E-state index in [2.05, 4.69) is 15.0 Å². The molecule has 2 heterocycles. The number of aromatic nitrogens is 4. The van der Waals surface area contributed by atoms with Crippen LogP contribution in [-0.2, 0) is 6.54 Å². The Morgan fingerprint density at radius 2 is 2.43 bits per heavy atom. The third kappa shape index (κ3) is 1.26. The average molecular weight is 211 g/mol. The minimum absolute atomic E-state index is 0.254. The summed E-state index contributed by atoms with van der Waals surface area (Å²) in [4.78, 5) is 20.7. The summed E-state index contributed by atoms with van der Waals surface area (Å²) in [5, 5.41) is 0. The quantitative estimate of drug-likeness (QED) is 0.597. The van der Waals surface area contributed by atoms with Gasteiger partial charge in [-0.3, -0.25) is 14.3 Å². The SMILES string of the molecule is NCCn1c(=S)[nH]c(=O)c2[nH]cnc21. The summed E-state index contributed by atoms with van der Waals surface area (Å²) < 4.78 is 2.04. The molecule has 0 unspecified atom stereocenters. The van der Waals surface area contributed by atoms with Gasteiger partial charge in [0.2, 0.25) is 0 Å². The lowest BCUT2D eigenvalue weighted by Crippen LogP contribution is -2.18. The van der Waals surface area contributed by atoms with Crippen molar-refractivity contribution >= 4 is 23.4 Å². The van der Waals surface area contributed by atoms with Crippen LogP contribution in [0, 0.1) is 4.77 Å². The molecule has 74 valence electrons. The van der Waals surface area contributed by atoms with Crippen molar-refractivity contribution in [2.75, 3.05) is 6.54 Å². The fourth-order valence-electron chi connectivity index (χ4n) is 1.32. The van der Waals surface area contributed by atoms with Gasteiger partial charge in [-0.1, -0.05) is 0 Å². The van der Waals surface area contributed by atoms with Gasteiger partial charge in [-0.2, -0.15) is 0 Å². The molecule has 4 N–H and O–H groups in total. The Morgan fingerprint density at radius 1 is 1.64 bits per heavy atom. The molecule has 0 radical (unpaired) electrons. The van der Waals surface area contributed by atoms with E-state index in [9.17, 15) is 4.79 Å². The first-order valence-corrected chi connectivity index (χ1v) is 4.51. The summed E-state index contributed by atoms with van der Waals surface area (Å²) >= 11 is 5.00. The second-order valence-electron chi connectivity index (χ2n) is 2.80. The van der Waals surface area contributed by atoms with Crippen LogP contribution in [-0.4, -0.2) is 26.1 Å². The number of fused-ring (bicyclic) bond motifs is 1. The lowest BCUT2D eigenvalue weighted by molar-refractivity contribution is 0.695. The van der Waals surface area contributed by atoms with Gasteiger partial charge in [-0.05, 0) is 12.2 Å². The molecular weight excluding hydrogens is 202 g/mol. The number of H-pyrrole nitrogens is 2. The molecule has 0 aliphatic carbocycles. The van der Waals surface area contributed by atoms with Gasteiger partial charge in [-0.25, -0.2) is 4.98 Å². The van der Waals surface area contributed by atoms with E-state index >= 15 is 0 Å². The van der Waals surface area contributed by atoms with E-state index in [-0.39, 0.29) is 5.56 Å². The molecule has 0 fully saturated rings. The highest BCUT2D eigenvalue weighted by atomic mass is 32.1. The van der Waals surface area contributed by atoms with E-state index in [1.54, 1.807) is 4.57 Å². The number of aromatic amines is 2. The summed E-state index contributed by atoms with van der Waals surface area (Å²) in [6.07, 6.45) is 1.46. The topological polar surface area (TPSA) is 92.5 Å². The van der Waals surface area contributed by atoms with Crippen LogP contribution in [0.1, 0.15) is 0 Å². The zero-order valence-electron chi connectivity index (χ0n) is 7.28. The summed E-state index contributed by atoms with van der Waals surface area (Å²) in [7, 11) is 0. The minimum atomic E-state index is -0.254. The molecule has 2 aromatic heterocycles. The Kier molecular flexibility index (Phi) is 2.18. The molecule has 0 aliphatic rings. The summed E-state index contributed by atoms with van der Waals surface area (Å²) in [6.45, 7) is 0.985. The van der Waals surface area contributed by atoms with Crippen molar-refractivity contribution in [3.63, 3.8) is 0 Å². The van der Waals surface area contributed by atoms with Crippen molar-refractivity contribution in [1.82, 2.24) is 19.5 Å². The maximum atomic E-state index is 11.4. The third-order valence-corrected chi connectivity index (χ3v) is 2.24. The van der Waals surface area contributed by atoms with Crippen molar-refractivity contribution in [2.24, 2.45) is 5.73 Å². The summed E-state index contributed by atoms with van der Waals surface area (Å²) in [5.74, 6) is 0. The molecule has 2 rings (SSSR count). The van der Waals surface area contributed by atoms with Crippen molar-refractivity contribution in [1.29, 1.82) is 0 Å². The van der Waals surface area contributed by atoms with Crippen LogP contribution in [0.3, 0.4) is 0 Å². The largest absolute Gasteiger partial charge is 0.339 e. The lowest BCUT2D eigenvalue weighted by Gasteiger charge is -2.04. The van der Waals surface area contributed by atoms with E-state index < -0.39 is 0 Å². The second-order valence-corrected chi connectivity index (χ2v) is 3.19. The Hall–Kier alpha value is -1.47. The van der Waals surface area contributed by atoms with E-state index in [1.807, 2.05) is 0 Å². The maximum Gasteiger partial charge on any atom is 0.277 e. The molecule has 6 nitrogen and oxygen atoms in total. The van der Waals surface area contributed by atoms with Gasteiger partial charge in [0.1, 0.15) is 5.52 Å². The van der Waals surface area contributed by atoms with Gasteiger partial charge < -0.3 is 10.7 Å². The van der Waals surface area contributed by atoms with Crippen LogP contribution >= 0.6 is 12.2 Å². The van der Waals surface area contributed by atoms with E-state index in [4.69, 9.17) is 18.0 Å². The van der Waals surface area contributed by atoms with Crippen molar-refractivity contribution < 1.29 is 0 Å². The highest BCUT2D eigenvalue weighted by Gasteiger charge is 2.06.